The zero-order chi connectivity index (χ0) is 20.5. The van der Waals surface area contributed by atoms with Gasteiger partial charge in [0.25, 0.3) is 11.1 Å². The van der Waals surface area contributed by atoms with Crippen molar-refractivity contribution in [1.29, 1.82) is 0 Å². The fourth-order valence-electron chi connectivity index (χ4n) is 3.12. The van der Waals surface area contributed by atoms with Crippen LogP contribution < -0.4 is 21.1 Å². The lowest BCUT2D eigenvalue weighted by Gasteiger charge is -2.34. The van der Waals surface area contributed by atoms with Crippen LogP contribution in [-0.4, -0.2) is 23.2 Å². The van der Waals surface area contributed by atoms with Crippen molar-refractivity contribution >= 4 is 28.9 Å². The first-order chi connectivity index (χ1) is 13.2. The highest BCUT2D eigenvalue weighted by Gasteiger charge is 2.35. The normalized spacial score (nSPS) is 20.4. The molecule has 146 valence electrons. The van der Waals surface area contributed by atoms with Crippen LogP contribution in [0.2, 0.25) is 0 Å². The fourth-order valence-corrected chi connectivity index (χ4v) is 3.29. The van der Waals surface area contributed by atoms with Crippen molar-refractivity contribution in [3.8, 4) is 5.75 Å². The first kappa shape index (κ1) is 19.8. The molecule has 1 atom stereocenters. The Labute approximate surface area is 166 Å². The van der Waals surface area contributed by atoms with Gasteiger partial charge in [0.2, 0.25) is 0 Å². The van der Waals surface area contributed by atoms with E-state index in [1.807, 2.05) is 13.0 Å². The Morgan fingerprint density at radius 1 is 1.36 bits per heavy atom. The minimum atomic E-state index is -1.21. The highest BCUT2D eigenvalue weighted by Crippen LogP contribution is 2.33. The number of aryl methyl sites for hydroxylation is 1. The number of amides is 1. The second kappa shape index (κ2) is 7.55. The van der Waals surface area contributed by atoms with Crippen molar-refractivity contribution in [3.63, 3.8) is 0 Å². The smallest absolute Gasteiger partial charge is 0.262 e. The van der Waals surface area contributed by atoms with E-state index >= 15 is 0 Å². The molecule has 0 aliphatic carbocycles. The highest BCUT2D eigenvalue weighted by molar-refractivity contribution is 7.80. The van der Waals surface area contributed by atoms with E-state index in [0.717, 1.165) is 17.2 Å². The number of rotatable bonds is 2. The van der Waals surface area contributed by atoms with Gasteiger partial charge in [-0.3, -0.25) is 4.79 Å². The predicted molar refractivity (Wildman–Crippen MR) is 107 cm³/mol. The SMILES string of the molecule is Cc1ccc2cc1/C(=C/N)C(C)(NC(=O)c1cccc(F)c1F)CNC(=S)O2. The Balaban J connectivity index is 2.06. The van der Waals surface area contributed by atoms with Crippen molar-refractivity contribution in [2.24, 2.45) is 5.73 Å². The summed E-state index contributed by atoms with van der Waals surface area (Å²) < 4.78 is 33.2. The third-order valence-corrected chi connectivity index (χ3v) is 4.87. The van der Waals surface area contributed by atoms with Crippen molar-refractivity contribution in [2.75, 3.05) is 6.54 Å². The average Bonchev–Trinajstić information content (AvgIpc) is 2.68. The van der Waals surface area contributed by atoms with Gasteiger partial charge >= 0.3 is 0 Å². The average molecular weight is 403 g/mol. The molecule has 0 saturated carbocycles. The van der Waals surface area contributed by atoms with Gasteiger partial charge in [0.1, 0.15) is 5.75 Å². The Bertz CT molecular complexity index is 993. The van der Waals surface area contributed by atoms with Gasteiger partial charge in [-0.2, -0.15) is 0 Å². The van der Waals surface area contributed by atoms with Gasteiger partial charge < -0.3 is 21.1 Å². The number of ether oxygens (including phenoxy) is 1. The molecule has 1 aliphatic heterocycles. The van der Waals surface area contributed by atoms with Crippen LogP contribution in [0.3, 0.4) is 0 Å². The number of halogens is 2. The van der Waals surface area contributed by atoms with Crippen LogP contribution in [0.15, 0.2) is 42.6 Å². The third kappa shape index (κ3) is 3.68. The summed E-state index contributed by atoms with van der Waals surface area (Å²) in [5, 5.41) is 5.80. The maximum atomic E-state index is 14.1. The van der Waals surface area contributed by atoms with Crippen LogP contribution in [0.1, 0.15) is 28.4 Å². The van der Waals surface area contributed by atoms with Gasteiger partial charge in [-0.15, -0.1) is 0 Å². The lowest BCUT2D eigenvalue weighted by molar-refractivity contribution is 0.0920. The van der Waals surface area contributed by atoms with Gasteiger partial charge in [-0.1, -0.05) is 12.1 Å². The number of thiocarbonyl (C=S) groups is 1. The molecule has 0 spiro atoms. The van der Waals surface area contributed by atoms with Gasteiger partial charge in [0.15, 0.2) is 11.6 Å². The maximum Gasteiger partial charge on any atom is 0.262 e. The summed E-state index contributed by atoms with van der Waals surface area (Å²) in [5.74, 6) is -2.57. The number of nitrogens with one attached hydrogen (secondary N) is 2. The van der Waals surface area contributed by atoms with Gasteiger partial charge in [-0.25, -0.2) is 8.78 Å². The topological polar surface area (TPSA) is 76.4 Å². The number of hydrogen-bond acceptors (Lipinski definition) is 4. The van der Waals surface area contributed by atoms with E-state index in [0.29, 0.717) is 11.3 Å². The minimum absolute atomic E-state index is 0.116. The van der Waals surface area contributed by atoms with Crippen molar-refractivity contribution in [1.82, 2.24) is 10.6 Å². The van der Waals surface area contributed by atoms with Crippen LogP contribution in [-0.2, 0) is 0 Å². The number of hydrogen-bond donors (Lipinski definition) is 3. The number of carbonyl (C=O) groups is 1. The Hall–Kier alpha value is -3.00. The van der Waals surface area contributed by atoms with E-state index < -0.39 is 28.6 Å². The lowest BCUT2D eigenvalue weighted by Crippen LogP contribution is -2.54. The summed E-state index contributed by atoms with van der Waals surface area (Å²) >= 11 is 5.17. The van der Waals surface area contributed by atoms with Gasteiger partial charge in [0, 0.05) is 18.3 Å². The third-order valence-electron chi connectivity index (χ3n) is 4.64. The molecule has 4 N–H and O–H groups in total. The van der Waals surface area contributed by atoms with Gasteiger partial charge in [-0.05, 0) is 61.5 Å². The van der Waals surface area contributed by atoms with Crippen molar-refractivity contribution in [3.05, 3.63) is 70.9 Å². The van der Waals surface area contributed by atoms with Crippen molar-refractivity contribution in [2.45, 2.75) is 19.4 Å². The first-order valence-electron chi connectivity index (χ1n) is 8.51. The first-order valence-corrected chi connectivity index (χ1v) is 8.91. The molecule has 2 aromatic carbocycles. The van der Waals surface area contributed by atoms with E-state index in [9.17, 15) is 13.6 Å². The molecule has 1 heterocycles. The standard InChI is InChI=1S/C20H19F2N3O2S/c1-11-6-7-12-8-14(11)15(9-23)20(2,10-24-19(28)27-12)25-18(26)13-4-3-5-16(21)17(13)22/h3-9H,10,23H2,1-2H3,(H,24,28)(H,25,26)/b15-9-. The van der Waals surface area contributed by atoms with E-state index in [4.69, 9.17) is 22.7 Å². The van der Waals surface area contributed by atoms with E-state index in [1.165, 1.54) is 18.3 Å². The molecule has 5 nitrogen and oxygen atoms in total. The lowest BCUT2D eigenvalue weighted by atomic mass is 9.84. The van der Waals surface area contributed by atoms with E-state index in [2.05, 4.69) is 10.6 Å². The molecular formula is C20H19F2N3O2S. The Morgan fingerprint density at radius 3 is 2.82 bits per heavy atom. The second-order valence-electron chi connectivity index (χ2n) is 6.69. The maximum absolute atomic E-state index is 14.1. The number of nitrogens with two attached hydrogens (primary N) is 1. The highest BCUT2D eigenvalue weighted by atomic mass is 32.1. The van der Waals surface area contributed by atoms with Crippen LogP contribution >= 0.6 is 12.2 Å². The molecule has 1 aliphatic rings. The molecule has 3 rings (SSSR count). The zero-order valence-corrected chi connectivity index (χ0v) is 16.1. The summed E-state index contributed by atoms with van der Waals surface area (Å²) in [6.07, 6.45) is 1.38. The molecule has 8 heteroatoms. The number of benzene rings is 2. The summed E-state index contributed by atoms with van der Waals surface area (Å²) in [5.41, 5.74) is 6.65. The van der Waals surface area contributed by atoms with Crippen LogP contribution in [0, 0.1) is 18.6 Å². The largest absolute Gasteiger partial charge is 0.432 e. The molecule has 2 bridgehead atoms. The summed E-state index contributed by atoms with van der Waals surface area (Å²) in [7, 11) is 0. The van der Waals surface area contributed by atoms with Gasteiger partial charge in [0.05, 0.1) is 11.1 Å². The molecule has 2 aromatic rings. The number of carbonyl (C=O) groups excluding carboxylic acids is 1. The molecule has 0 fully saturated rings. The summed E-state index contributed by atoms with van der Waals surface area (Å²) in [6, 6.07) is 8.81. The molecule has 0 aromatic heterocycles. The zero-order valence-electron chi connectivity index (χ0n) is 15.3. The molecule has 28 heavy (non-hydrogen) atoms. The molecular weight excluding hydrogens is 384 g/mol. The Kier molecular flexibility index (Phi) is 5.33. The predicted octanol–water partition coefficient (Wildman–Crippen LogP) is 3.03. The summed E-state index contributed by atoms with van der Waals surface area (Å²) in [4.78, 5) is 12.7. The minimum Gasteiger partial charge on any atom is -0.432 e. The van der Waals surface area contributed by atoms with Crippen LogP contribution in [0.25, 0.3) is 5.57 Å². The quantitative estimate of drug-likeness (QED) is 0.672. The van der Waals surface area contributed by atoms with E-state index in [-0.39, 0.29) is 11.7 Å². The molecule has 1 amide bonds. The number of fused-ring (bicyclic) bond motifs is 2. The summed E-state index contributed by atoms with van der Waals surface area (Å²) in [6.45, 7) is 3.73. The molecule has 0 saturated heterocycles. The second-order valence-corrected chi connectivity index (χ2v) is 7.06. The molecule has 0 radical (unpaired) electrons. The van der Waals surface area contributed by atoms with Crippen LogP contribution in [0.5, 0.6) is 5.75 Å². The Morgan fingerprint density at radius 2 is 2.11 bits per heavy atom. The monoisotopic (exact) mass is 403 g/mol. The molecule has 1 unspecified atom stereocenters. The van der Waals surface area contributed by atoms with Crippen LogP contribution in [0.4, 0.5) is 8.78 Å². The fraction of sp³-hybridized carbons (Fsp3) is 0.200. The van der Waals surface area contributed by atoms with Crippen molar-refractivity contribution < 1.29 is 18.3 Å². The van der Waals surface area contributed by atoms with E-state index in [1.54, 1.807) is 19.1 Å².